The number of carbonyl (C=O) groups is 2. The van der Waals surface area contributed by atoms with E-state index < -0.39 is 0 Å². The SMILES string of the molecule is CCOc1ccccc1C(=O)NCC(=O)N1CCC(c2nc3ccccc3o2)CC1. The molecule has 0 spiro atoms. The van der Waals surface area contributed by atoms with Crippen molar-refractivity contribution in [3.8, 4) is 5.75 Å². The highest BCUT2D eigenvalue weighted by Gasteiger charge is 2.27. The van der Waals surface area contributed by atoms with Crippen molar-refractivity contribution in [2.45, 2.75) is 25.7 Å². The lowest BCUT2D eigenvalue weighted by Crippen LogP contribution is -2.43. The van der Waals surface area contributed by atoms with E-state index in [1.54, 1.807) is 23.1 Å². The molecule has 7 heteroatoms. The number of benzene rings is 2. The van der Waals surface area contributed by atoms with Crippen molar-refractivity contribution >= 4 is 22.9 Å². The molecule has 0 saturated carbocycles. The third-order valence-electron chi connectivity index (χ3n) is 5.34. The largest absolute Gasteiger partial charge is 0.493 e. The van der Waals surface area contributed by atoms with Crippen LogP contribution >= 0.6 is 0 Å². The van der Waals surface area contributed by atoms with Gasteiger partial charge in [-0.25, -0.2) is 4.98 Å². The molecule has 0 bridgehead atoms. The van der Waals surface area contributed by atoms with E-state index in [9.17, 15) is 9.59 Å². The van der Waals surface area contributed by atoms with Crippen molar-refractivity contribution in [3.63, 3.8) is 0 Å². The minimum Gasteiger partial charge on any atom is -0.493 e. The monoisotopic (exact) mass is 407 g/mol. The summed E-state index contributed by atoms with van der Waals surface area (Å²) in [7, 11) is 0. The number of ether oxygens (including phenoxy) is 1. The highest BCUT2D eigenvalue weighted by atomic mass is 16.5. The number of aromatic nitrogens is 1. The predicted octanol–water partition coefficient (Wildman–Crippen LogP) is 3.36. The number of oxazole rings is 1. The Morgan fingerprint density at radius 2 is 1.87 bits per heavy atom. The minimum absolute atomic E-state index is 0.0349. The Morgan fingerprint density at radius 1 is 1.13 bits per heavy atom. The average molecular weight is 407 g/mol. The number of rotatable bonds is 6. The summed E-state index contributed by atoms with van der Waals surface area (Å²) in [6.45, 7) is 3.54. The van der Waals surface area contributed by atoms with Gasteiger partial charge in [0.05, 0.1) is 18.7 Å². The Balaban J connectivity index is 1.30. The van der Waals surface area contributed by atoms with Crippen LogP contribution in [0, 0.1) is 0 Å². The Kier molecular flexibility index (Phi) is 5.97. The molecular formula is C23H25N3O4. The number of carbonyl (C=O) groups excluding carboxylic acids is 2. The molecule has 4 rings (SSSR count). The lowest BCUT2D eigenvalue weighted by atomic mass is 9.97. The van der Waals surface area contributed by atoms with Crippen molar-refractivity contribution in [3.05, 3.63) is 60.0 Å². The van der Waals surface area contributed by atoms with E-state index >= 15 is 0 Å². The molecule has 2 heterocycles. The summed E-state index contributed by atoms with van der Waals surface area (Å²) in [5.41, 5.74) is 2.09. The van der Waals surface area contributed by atoms with Crippen molar-refractivity contribution in [1.29, 1.82) is 0 Å². The van der Waals surface area contributed by atoms with Crippen molar-refractivity contribution in [1.82, 2.24) is 15.2 Å². The lowest BCUT2D eigenvalue weighted by molar-refractivity contribution is -0.131. The Labute approximate surface area is 175 Å². The van der Waals surface area contributed by atoms with E-state index in [-0.39, 0.29) is 24.3 Å². The van der Waals surface area contributed by atoms with Gasteiger partial charge in [0.1, 0.15) is 11.3 Å². The summed E-state index contributed by atoms with van der Waals surface area (Å²) >= 11 is 0. The molecule has 0 aliphatic carbocycles. The number of amides is 2. The van der Waals surface area contributed by atoms with Gasteiger partial charge in [0.2, 0.25) is 5.91 Å². The first-order chi connectivity index (χ1) is 14.7. The molecule has 1 saturated heterocycles. The second-order valence-electron chi connectivity index (χ2n) is 7.29. The Morgan fingerprint density at radius 3 is 2.63 bits per heavy atom. The number of nitrogens with one attached hydrogen (secondary N) is 1. The third kappa shape index (κ3) is 4.30. The van der Waals surface area contributed by atoms with Crippen LogP contribution in [0.15, 0.2) is 52.9 Å². The van der Waals surface area contributed by atoms with Crippen molar-refractivity contribution in [2.24, 2.45) is 0 Å². The molecule has 1 aliphatic rings. The topological polar surface area (TPSA) is 84.7 Å². The van der Waals surface area contributed by atoms with Gasteiger partial charge in [0, 0.05) is 19.0 Å². The first-order valence-corrected chi connectivity index (χ1v) is 10.3. The van der Waals surface area contributed by atoms with Crippen LogP contribution in [0.2, 0.25) is 0 Å². The summed E-state index contributed by atoms with van der Waals surface area (Å²) in [5.74, 6) is 1.06. The van der Waals surface area contributed by atoms with E-state index in [1.165, 1.54) is 0 Å². The molecule has 0 atom stereocenters. The van der Waals surface area contributed by atoms with E-state index in [0.29, 0.717) is 31.0 Å². The van der Waals surface area contributed by atoms with E-state index in [4.69, 9.17) is 9.15 Å². The molecule has 1 N–H and O–H groups in total. The quantitative estimate of drug-likeness (QED) is 0.677. The van der Waals surface area contributed by atoms with Crippen LogP contribution in [0.4, 0.5) is 0 Å². The first-order valence-electron chi connectivity index (χ1n) is 10.3. The number of nitrogens with zero attached hydrogens (tertiary/aromatic N) is 2. The maximum absolute atomic E-state index is 12.6. The second-order valence-corrected chi connectivity index (χ2v) is 7.29. The van der Waals surface area contributed by atoms with Crippen molar-refractivity contribution in [2.75, 3.05) is 26.2 Å². The summed E-state index contributed by atoms with van der Waals surface area (Å²) in [4.78, 5) is 31.4. The summed E-state index contributed by atoms with van der Waals surface area (Å²) < 4.78 is 11.4. The maximum atomic E-state index is 12.6. The van der Waals surface area contributed by atoms with Crippen LogP contribution in [-0.4, -0.2) is 47.9 Å². The summed E-state index contributed by atoms with van der Waals surface area (Å²) in [6.07, 6.45) is 1.58. The fourth-order valence-corrected chi connectivity index (χ4v) is 3.74. The van der Waals surface area contributed by atoms with Crippen molar-refractivity contribution < 1.29 is 18.7 Å². The fraction of sp³-hybridized carbons (Fsp3) is 0.348. The molecule has 156 valence electrons. The van der Waals surface area contributed by atoms with E-state index in [0.717, 1.165) is 29.8 Å². The van der Waals surface area contributed by atoms with E-state index in [1.807, 2.05) is 37.3 Å². The fourth-order valence-electron chi connectivity index (χ4n) is 3.74. The molecule has 0 radical (unpaired) electrons. The van der Waals surface area contributed by atoms with Gasteiger partial charge in [-0.1, -0.05) is 24.3 Å². The lowest BCUT2D eigenvalue weighted by Gasteiger charge is -2.30. The third-order valence-corrected chi connectivity index (χ3v) is 5.34. The molecular weight excluding hydrogens is 382 g/mol. The maximum Gasteiger partial charge on any atom is 0.255 e. The number of hydrogen-bond donors (Lipinski definition) is 1. The van der Waals surface area contributed by atoms with Crippen LogP contribution < -0.4 is 10.1 Å². The molecule has 2 aromatic carbocycles. The van der Waals surface area contributed by atoms with Gasteiger partial charge in [0.25, 0.3) is 5.91 Å². The smallest absolute Gasteiger partial charge is 0.255 e. The average Bonchev–Trinajstić information content (AvgIpc) is 3.22. The number of piperidine rings is 1. The summed E-state index contributed by atoms with van der Waals surface area (Å²) in [5, 5.41) is 2.71. The number of fused-ring (bicyclic) bond motifs is 1. The molecule has 30 heavy (non-hydrogen) atoms. The van der Waals surface area contributed by atoms with Gasteiger partial charge in [-0.3, -0.25) is 9.59 Å². The first kappa shape index (κ1) is 19.9. The van der Waals surface area contributed by atoms with Crippen LogP contribution in [0.25, 0.3) is 11.1 Å². The van der Waals surface area contributed by atoms with E-state index in [2.05, 4.69) is 10.3 Å². The predicted molar refractivity (Wildman–Crippen MR) is 113 cm³/mol. The Bertz CT molecular complexity index is 1000. The number of hydrogen-bond acceptors (Lipinski definition) is 5. The zero-order chi connectivity index (χ0) is 20.9. The van der Waals surface area contributed by atoms with Gasteiger partial charge in [-0.05, 0) is 44.0 Å². The normalized spacial score (nSPS) is 14.6. The molecule has 7 nitrogen and oxygen atoms in total. The van der Waals surface area contributed by atoms with Crippen LogP contribution in [-0.2, 0) is 4.79 Å². The molecule has 1 fully saturated rings. The number of likely N-dealkylation sites (tertiary alicyclic amines) is 1. The number of para-hydroxylation sites is 3. The molecule has 2 amide bonds. The minimum atomic E-state index is -0.311. The summed E-state index contributed by atoms with van der Waals surface area (Å²) in [6, 6.07) is 14.7. The molecule has 1 aliphatic heterocycles. The zero-order valence-corrected chi connectivity index (χ0v) is 17.0. The highest BCUT2D eigenvalue weighted by Crippen LogP contribution is 2.29. The van der Waals surface area contributed by atoms with Crippen LogP contribution in [0.3, 0.4) is 0 Å². The van der Waals surface area contributed by atoms with Gasteiger partial charge < -0.3 is 19.4 Å². The Hall–Kier alpha value is -3.35. The van der Waals surface area contributed by atoms with Gasteiger partial charge in [0.15, 0.2) is 11.5 Å². The van der Waals surface area contributed by atoms with Gasteiger partial charge in [-0.15, -0.1) is 0 Å². The molecule has 0 unspecified atom stereocenters. The zero-order valence-electron chi connectivity index (χ0n) is 17.0. The van der Waals surface area contributed by atoms with Crippen LogP contribution in [0.5, 0.6) is 5.75 Å². The molecule has 1 aromatic heterocycles. The van der Waals surface area contributed by atoms with Gasteiger partial charge in [-0.2, -0.15) is 0 Å². The standard InChI is InChI=1S/C23H25N3O4/c1-2-29-19-9-5-3-7-17(19)22(28)24-15-21(27)26-13-11-16(12-14-26)23-25-18-8-4-6-10-20(18)30-23/h3-10,16H,2,11-15H2,1H3,(H,24,28). The highest BCUT2D eigenvalue weighted by molar-refractivity contribution is 5.98. The van der Waals surface area contributed by atoms with Crippen LogP contribution in [0.1, 0.15) is 41.9 Å². The molecule has 3 aromatic rings. The van der Waals surface area contributed by atoms with Gasteiger partial charge >= 0.3 is 0 Å². The second kappa shape index (κ2) is 8.98.